The van der Waals surface area contributed by atoms with Gasteiger partial charge in [-0.2, -0.15) is 4.68 Å². The van der Waals surface area contributed by atoms with Crippen LogP contribution in [0.3, 0.4) is 0 Å². The molecule has 25 heavy (non-hydrogen) atoms. The Hall–Kier alpha value is -2.72. The van der Waals surface area contributed by atoms with Gasteiger partial charge in [-0.3, -0.25) is 9.20 Å². The van der Waals surface area contributed by atoms with Crippen LogP contribution in [0.1, 0.15) is 11.4 Å². The maximum Gasteiger partial charge on any atom is 0.258 e. The van der Waals surface area contributed by atoms with Gasteiger partial charge in [0, 0.05) is 22.9 Å². The molecule has 0 atom stereocenters. The van der Waals surface area contributed by atoms with Gasteiger partial charge in [0.2, 0.25) is 5.16 Å². The van der Waals surface area contributed by atoms with Gasteiger partial charge in [0.05, 0.1) is 11.4 Å². The monoisotopic (exact) mass is 372 g/mol. The second-order valence-corrected chi connectivity index (χ2v) is 7.04. The molecule has 0 spiro atoms. The van der Waals surface area contributed by atoms with Crippen molar-refractivity contribution < 1.29 is 5.11 Å². The van der Waals surface area contributed by atoms with Crippen molar-refractivity contribution in [3.8, 4) is 11.4 Å². The lowest BCUT2D eigenvalue weighted by Gasteiger charge is -2.04. The van der Waals surface area contributed by atoms with E-state index in [1.807, 2.05) is 12.3 Å². The number of aromatic nitrogens is 6. The molecule has 0 aliphatic heterocycles. The summed E-state index contributed by atoms with van der Waals surface area (Å²) in [6.07, 6.45) is 0. The topological polar surface area (TPSA) is 98.2 Å². The molecular weight excluding hydrogens is 360 g/mol. The van der Waals surface area contributed by atoms with Crippen molar-refractivity contribution in [2.45, 2.75) is 17.8 Å². The Morgan fingerprint density at radius 3 is 2.88 bits per heavy atom. The summed E-state index contributed by atoms with van der Waals surface area (Å²) in [7, 11) is 0. The lowest BCUT2D eigenvalue weighted by Crippen LogP contribution is -2.14. The van der Waals surface area contributed by atoms with E-state index in [2.05, 4.69) is 20.5 Å². The molecule has 0 bridgehead atoms. The molecule has 0 saturated carbocycles. The predicted octanol–water partition coefficient (Wildman–Crippen LogP) is 2.04. The molecule has 0 aliphatic rings. The number of phenols is 1. The SMILES string of the molecule is Cc1csc2nc(CSc3nnnn3-c3ccc(O)cc3)cc(=O)n12. The Kier molecular flexibility index (Phi) is 3.98. The summed E-state index contributed by atoms with van der Waals surface area (Å²) in [5.74, 6) is 0.650. The van der Waals surface area contributed by atoms with Crippen molar-refractivity contribution in [1.29, 1.82) is 0 Å². The minimum atomic E-state index is -0.0857. The molecule has 0 amide bonds. The number of hydrogen-bond donors (Lipinski definition) is 1. The van der Waals surface area contributed by atoms with Crippen LogP contribution in [0.4, 0.5) is 0 Å². The Balaban J connectivity index is 1.59. The Bertz CT molecular complexity index is 1100. The fourth-order valence-electron chi connectivity index (χ4n) is 2.34. The van der Waals surface area contributed by atoms with Crippen molar-refractivity contribution in [2.24, 2.45) is 0 Å². The largest absolute Gasteiger partial charge is 0.508 e. The predicted molar refractivity (Wildman–Crippen MR) is 94.5 cm³/mol. The van der Waals surface area contributed by atoms with Gasteiger partial charge in [-0.25, -0.2) is 4.98 Å². The van der Waals surface area contributed by atoms with Crippen molar-refractivity contribution >= 4 is 28.1 Å². The van der Waals surface area contributed by atoms with Crippen LogP contribution in [0.5, 0.6) is 5.75 Å². The van der Waals surface area contributed by atoms with Gasteiger partial charge in [0.25, 0.3) is 5.56 Å². The van der Waals surface area contributed by atoms with Gasteiger partial charge in [-0.05, 0) is 41.6 Å². The standard InChI is InChI=1S/C15H12N6O2S2/c1-9-7-24-14-16-10(6-13(23)20(9)14)8-25-15-17-18-19-21(15)11-2-4-12(22)5-3-11/h2-7,22H,8H2,1H3. The van der Waals surface area contributed by atoms with Crippen LogP contribution in [0, 0.1) is 6.92 Å². The van der Waals surface area contributed by atoms with Crippen LogP contribution in [0.2, 0.25) is 0 Å². The Morgan fingerprint density at radius 1 is 1.28 bits per heavy atom. The first-order chi connectivity index (χ1) is 12.1. The van der Waals surface area contributed by atoms with Crippen molar-refractivity contribution in [3.63, 3.8) is 0 Å². The van der Waals surface area contributed by atoms with Gasteiger partial charge < -0.3 is 5.11 Å². The molecule has 4 rings (SSSR count). The van der Waals surface area contributed by atoms with Gasteiger partial charge in [-0.1, -0.05) is 11.8 Å². The van der Waals surface area contributed by atoms with Crippen molar-refractivity contribution in [1.82, 2.24) is 29.6 Å². The summed E-state index contributed by atoms with van der Waals surface area (Å²) >= 11 is 2.83. The fraction of sp³-hybridized carbons (Fsp3) is 0.133. The number of tetrazole rings is 1. The average molecular weight is 372 g/mol. The zero-order chi connectivity index (χ0) is 17.4. The molecule has 0 fully saturated rings. The van der Waals surface area contributed by atoms with Gasteiger partial charge in [0.15, 0.2) is 4.96 Å². The maximum absolute atomic E-state index is 12.2. The molecule has 3 aromatic heterocycles. The van der Waals surface area contributed by atoms with Crippen LogP contribution in [-0.2, 0) is 5.75 Å². The van der Waals surface area contributed by atoms with E-state index in [0.717, 1.165) is 11.4 Å². The molecule has 1 aromatic carbocycles. The van der Waals surface area contributed by atoms with Gasteiger partial charge >= 0.3 is 0 Å². The van der Waals surface area contributed by atoms with E-state index in [1.165, 1.54) is 29.2 Å². The molecule has 126 valence electrons. The fourth-order valence-corrected chi connectivity index (χ4v) is 4.01. The minimum absolute atomic E-state index is 0.0857. The number of phenolic OH excluding ortho intramolecular Hbond substituents is 1. The first-order valence-corrected chi connectivity index (χ1v) is 9.16. The van der Waals surface area contributed by atoms with Crippen LogP contribution in [0.15, 0.2) is 45.7 Å². The van der Waals surface area contributed by atoms with Gasteiger partial charge in [0.1, 0.15) is 5.75 Å². The second-order valence-electron chi connectivity index (χ2n) is 5.26. The van der Waals surface area contributed by atoms with E-state index in [4.69, 9.17) is 0 Å². The number of benzene rings is 1. The molecular formula is C15H12N6O2S2. The smallest absolute Gasteiger partial charge is 0.258 e. The number of fused-ring (bicyclic) bond motifs is 1. The number of nitrogens with zero attached hydrogens (tertiary/aromatic N) is 6. The first kappa shape index (κ1) is 15.8. The van der Waals surface area contributed by atoms with Gasteiger partial charge in [-0.15, -0.1) is 16.4 Å². The Labute approximate surface area is 149 Å². The molecule has 1 N–H and O–H groups in total. The molecule has 8 nitrogen and oxygen atoms in total. The average Bonchev–Trinajstić information content (AvgIpc) is 3.21. The van der Waals surface area contributed by atoms with Crippen molar-refractivity contribution in [2.75, 3.05) is 0 Å². The number of hydrogen-bond acceptors (Lipinski definition) is 8. The third-order valence-corrected chi connectivity index (χ3v) is 5.41. The number of rotatable bonds is 4. The molecule has 0 saturated heterocycles. The van der Waals surface area contributed by atoms with Crippen LogP contribution in [0.25, 0.3) is 10.6 Å². The lowest BCUT2D eigenvalue weighted by molar-refractivity contribution is 0.475. The van der Waals surface area contributed by atoms with E-state index < -0.39 is 0 Å². The van der Waals surface area contributed by atoms with Crippen molar-refractivity contribution in [3.05, 3.63) is 57.5 Å². The third kappa shape index (κ3) is 3.01. The van der Waals surface area contributed by atoms with E-state index >= 15 is 0 Å². The lowest BCUT2D eigenvalue weighted by atomic mass is 10.3. The molecule has 0 aliphatic carbocycles. The quantitative estimate of drug-likeness (QED) is 0.547. The molecule has 4 aromatic rings. The number of thioether (sulfide) groups is 1. The molecule has 0 unspecified atom stereocenters. The summed E-state index contributed by atoms with van der Waals surface area (Å²) in [5.41, 5.74) is 2.21. The normalized spacial score (nSPS) is 11.2. The highest BCUT2D eigenvalue weighted by Gasteiger charge is 2.12. The number of thiazole rings is 1. The number of aromatic hydroxyl groups is 1. The highest BCUT2D eigenvalue weighted by molar-refractivity contribution is 7.98. The summed E-state index contributed by atoms with van der Waals surface area (Å²) in [5, 5.41) is 23.6. The van der Waals surface area contributed by atoms with Crippen LogP contribution in [-0.4, -0.2) is 34.7 Å². The third-order valence-electron chi connectivity index (χ3n) is 3.51. The molecule has 3 heterocycles. The zero-order valence-corrected chi connectivity index (χ0v) is 14.7. The molecule has 10 heteroatoms. The van der Waals surface area contributed by atoms with E-state index in [0.29, 0.717) is 21.6 Å². The van der Waals surface area contributed by atoms with E-state index in [9.17, 15) is 9.90 Å². The van der Waals surface area contributed by atoms with E-state index in [-0.39, 0.29) is 11.3 Å². The van der Waals surface area contributed by atoms with Crippen LogP contribution < -0.4 is 5.56 Å². The Morgan fingerprint density at radius 2 is 2.08 bits per heavy atom. The maximum atomic E-state index is 12.2. The minimum Gasteiger partial charge on any atom is -0.508 e. The summed E-state index contributed by atoms with van der Waals surface area (Å²) < 4.78 is 3.17. The molecule has 0 radical (unpaired) electrons. The summed E-state index contributed by atoms with van der Waals surface area (Å²) in [6.45, 7) is 1.88. The first-order valence-electron chi connectivity index (χ1n) is 7.29. The zero-order valence-electron chi connectivity index (χ0n) is 13.0. The number of aryl methyl sites for hydroxylation is 1. The highest BCUT2D eigenvalue weighted by Crippen LogP contribution is 2.23. The second kappa shape index (κ2) is 6.30. The highest BCUT2D eigenvalue weighted by atomic mass is 32.2. The van der Waals surface area contributed by atoms with E-state index in [1.54, 1.807) is 33.3 Å². The summed E-state index contributed by atoms with van der Waals surface area (Å²) in [6, 6.07) is 8.12. The van der Waals surface area contributed by atoms with Crippen LogP contribution >= 0.6 is 23.1 Å². The summed E-state index contributed by atoms with van der Waals surface area (Å²) in [4.78, 5) is 17.4.